The lowest BCUT2D eigenvalue weighted by molar-refractivity contribution is -0.156. The Balaban J connectivity index is 1.63. The average Bonchev–Trinajstić information content (AvgIpc) is 3.31. The molecule has 0 radical (unpaired) electrons. The van der Waals surface area contributed by atoms with E-state index >= 15 is 0 Å². The molecule has 7 nitrogen and oxygen atoms in total. The van der Waals surface area contributed by atoms with E-state index in [0.717, 1.165) is 21.1 Å². The molecule has 3 rings (SSSR count). The summed E-state index contributed by atoms with van der Waals surface area (Å²) >= 11 is 1.53. The van der Waals surface area contributed by atoms with Crippen LogP contribution in [0.4, 0.5) is 0 Å². The van der Waals surface area contributed by atoms with Gasteiger partial charge in [-0.05, 0) is 56.7 Å². The van der Waals surface area contributed by atoms with Gasteiger partial charge in [-0.25, -0.2) is 14.8 Å². The van der Waals surface area contributed by atoms with Gasteiger partial charge in [0.2, 0.25) is 0 Å². The van der Waals surface area contributed by atoms with E-state index in [1.807, 2.05) is 56.3 Å². The minimum absolute atomic E-state index is 0.172. The standard InChI is InChI=1S/C24H25N3O4S/c1-4-29-20(24(28)30-5-2)14-17-6-8-19(9-7-17)31-16(3)21-10-11-22(32-21)23-26-13-12-18(15-25)27-23/h6-13,16,20H,4-5,14H2,1-3H3. The van der Waals surface area contributed by atoms with Crippen LogP contribution in [-0.4, -0.2) is 35.3 Å². The largest absolute Gasteiger partial charge is 0.485 e. The van der Waals surface area contributed by atoms with Crippen molar-refractivity contribution in [2.75, 3.05) is 13.2 Å². The number of hydrogen-bond donors (Lipinski definition) is 0. The monoisotopic (exact) mass is 451 g/mol. The normalized spacial score (nSPS) is 12.6. The molecular formula is C24H25N3O4S. The third-order valence-corrected chi connectivity index (χ3v) is 5.83. The first-order valence-corrected chi connectivity index (χ1v) is 11.2. The fourth-order valence-corrected chi connectivity index (χ4v) is 3.99. The SMILES string of the molecule is CCOC(=O)C(Cc1ccc(OC(C)c2ccc(-c3nccc(C#N)n3)s2)cc1)OCC. The van der Waals surface area contributed by atoms with Gasteiger partial charge in [0.05, 0.1) is 11.5 Å². The van der Waals surface area contributed by atoms with Gasteiger partial charge in [-0.3, -0.25) is 0 Å². The molecule has 0 spiro atoms. The van der Waals surface area contributed by atoms with Gasteiger partial charge in [-0.2, -0.15) is 5.26 Å². The maximum absolute atomic E-state index is 12.1. The molecule has 0 aliphatic heterocycles. The second-order valence-electron chi connectivity index (χ2n) is 6.88. The van der Waals surface area contributed by atoms with Crippen LogP contribution in [0.1, 0.15) is 43.0 Å². The molecule has 8 heteroatoms. The van der Waals surface area contributed by atoms with Crippen LogP contribution in [0.2, 0.25) is 0 Å². The summed E-state index contributed by atoms with van der Waals surface area (Å²) in [6.07, 6.45) is 1.24. The number of carbonyl (C=O) groups is 1. The summed E-state index contributed by atoms with van der Waals surface area (Å²) in [5.41, 5.74) is 1.30. The number of thiophene rings is 1. The number of esters is 1. The topological polar surface area (TPSA) is 94.3 Å². The molecule has 0 amide bonds. The molecule has 2 unspecified atom stereocenters. The molecule has 2 atom stereocenters. The van der Waals surface area contributed by atoms with Crippen LogP contribution in [-0.2, 0) is 20.7 Å². The van der Waals surface area contributed by atoms with Crippen molar-refractivity contribution in [1.82, 2.24) is 9.97 Å². The van der Waals surface area contributed by atoms with Crippen molar-refractivity contribution < 1.29 is 19.0 Å². The predicted molar refractivity (Wildman–Crippen MR) is 121 cm³/mol. The van der Waals surface area contributed by atoms with Crippen LogP contribution < -0.4 is 4.74 Å². The highest BCUT2D eigenvalue weighted by Gasteiger charge is 2.20. The van der Waals surface area contributed by atoms with E-state index in [1.54, 1.807) is 19.2 Å². The molecule has 0 aliphatic rings. The Labute approximate surface area is 191 Å². The van der Waals surface area contributed by atoms with Gasteiger partial charge in [0, 0.05) is 24.1 Å². The fraction of sp³-hybridized carbons (Fsp3) is 0.333. The zero-order valence-electron chi connectivity index (χ0n) is 18.3. The maximum atomic E-state index is 12.1. The summed E-state index contributed by atoms with van der Waals surface area (Å²) in [5.74, 6) is 0.909. The van der Waals surface area contributed by atoms with Gasteiger partial charge in [0.25, 0.3) is 0 Å². The van der Waals surface area contributed by atoms with E-state index in [1.165, 1.54) is 11.3 Å². The first kappa shape index (κ1) is 23.4. The van der Waals surface area contributed by atoms with Crippen molar-refractivity contribution in [3.05, 3.63) is 64.8 Å². The number of nitriles is 1. The Kier molecular flexibility index (Phi) is 8.31. The molecule has 1 aromatic carbocycles. The van der Waals surface area contributed by atoms with Gasteiger partial charge < -0.3 is 14.2 Å². The second kappa shape index (κ2) is 11.4. The molecule has 0 saturated heterocycles. The number of ether oxygens (including phenoxy) is 3. The number of carbonyl (C=O) groups excluding carboxylic acids is 1. The van der Waals surface area contributed by atoms with Gasteiger partial charge >= 0.3 is 5.97 Å². The number of nitrogens with zero attached hydrogens (tertiary/aromatic N) is 3. The van der Waals surface area contributed by atoms with Crippen molar-refractivity contribution in [3.8, 4) is 22.5 Å². The van der Waals surface area contributed by atoms with E-state index < -0.39 is 6.10 Å². The Morgan fingerprint density at radius 2 is 1.91 bits per heavy atom. The van der Waals surface area contributed by atoms with E-state index in [4.69, 9.17) is 19.5 Å². The van der Waals surface area contributed by atoms with Crippen molar-refractivity contribution in [2.24, 2.45) is 0 Å². The minimum Gasteiger partial charge on any atom is -0.485 e. The number of aromatic nitrogens is 2. The van der Waals surface area contributed by atoms with Crippen molar-refractivity contribution >= 4 is 17.3 Å². The highest BCUT2D eigenvalue weighted by atomic mass is 32.1. The molecule has 0 N–H and O–H groups in total. The van der Waals surface area contributed by atoms with Gasteiger partial charge in [-0.1, -0.05) is 12.1 Å². The molecular weight excluding hydrogens is 426 g/mol. The molecule has 2 aromatic heterocycles. The summed E-state index contributed by atoms with van der Waals surface area (Å²) in [6, 6.07) is 15.1. The Morgan fingerprint density at radius 3 is 2.59 bits per heavy atom. The van der Waals surface area contributed by atoms with Crippen LogP contribution in [0.5, 0.6) is 5.75 Å². The number of rotatable bonds is 10. The fourth-order valence-electron chi connectivity index (χ4n) is 3.06. The lowest BCUT2D eigenvalue weighted by Gasteiger charge is -2.16. The summed E-state index contributed by atoms with van der Waals surface area (Å²) in [5, 5.41) is 9.03. The lowest BCUT2D eigenvalue weighted by atomic mass is 10.1. The highest BCUT2D eigenvalue weighted by molar-refractivity contribution is 7.15. The van der Waals surface area contributed by atoms with E-state index in [9.17, 15) is 4.79 Å². The molecule has 166 valence electrons. The third-order valence-electron chi connectivity index (χ3n) is 4.59. The summed E-state index contributed by atoms with van der Waals surface area (Å²) in [6.45, 7) is 6.38. The second-order valence-corrected chi connectivity index (χ2v) is 8.00. The summed E-state index contributed by atoms with van der Waals surface area (Å²) in [7, 11) is 0. The number of hydrogen-bond acceptors (Lipinski definition) is 8. The smallest absolute Gasteiger partial charge is 0.335 e. The van der Waals surface area contributed by atoms with E-state index in [-0.39, 0.29) is 12.1 Å². The predicted octanol–water partition coefficient (Wildman–Crippen LogP) is 4.73. The molecule has 0 bridgehead atoms. The van der Waals surface area contributed by atoms with Crippen molar-refractivity contribution in [3.63, 3.8) is 0 Å². The van der Waals surface area contributed by atoms with Crippen molar-refractivity contribution in [1.29, 1.82) is 5.26 Å². The van der Waals surface area contributed by atoms with Crippen LogP contribution in [0, 0.1) is 11.3 Å². The first-order chi connectivity index (χ1) is 15.5. The molecule has 2 heterocycles. The summed E-state index contributed by atoms with van der Waals surface area (Å²) in [4.78, 5) is 22.4. The van der Waals surface area contributed by atoms with Crippen LogP contribution in [0.3, 0.4) is 0 Å². The highest BCUT2D eigenvalue weighted by Crippen LogP contribution is 2.32. The van der Waals surface area contributed by atoms with Gasteiger partial charge in [-0.15, -0.1) is 11.3 Å². The molecule has 0 aliphatic carbocycles. The Hall–Kier alpha value is -3.28. The first-order valence-electron chi connectivity index (χ1n) is 10.4. The molecule has 32 heavy (non-hydrogen) atoms. The van der Waals surface area contributed by atoms with Gasteiger partial charge in [0.1, 0.15) is 23.6 Å². The molecule has 3 aromatic rings. The van der Waals surface area contributed by atoms with Crippen molar-refractivity contribution in [2.45, 2.75) is 39.4 Å². The van der Waals surface area contributed by atoms with Crippen LogP contribution in [0.15, 0.2) is 48.7 Å². The third kappa shape index (κ3) is 6.13. The van der Waals surface area contributed by atoms with Gasteiger partial charge in [0.15, 0.2) is 11.9 Å². The maximum Gasteiger partial charge on any atom is 0.335 e. The van der Waals surface area contributed by atoms with Crippen LogP contribution in [0.25, 0.3) is 10.7 Å². The average molecular weight is 452 g/mol. The molecule has 0 fully saturated rings. The lowest BCUT2D eigenvalue weighted by Crippen LogP contribution is -2.28. The summed E-state index contributed by atoms with van der Waals surface area (Å²) < 4.78 is 16.7. The zero-order chi connectivity index (χ0) is 22.9. The zero-order valence-corrected chi connectivity index (χ0v) is 19.1. The Bertz CT molecular complexity index is 1080. The van der Waals surface area contributed by atoms with E-state index in [2.05, 4.69) is 9.97 Å². The minimum atomic E-state index is -0.614. The molecule has 0 saturated carbocycles. The Morgan fingerprint density at radius 1 is 1.12 bits per heavy atom. The van der Waals surface area contributed by atoms with E-state index in [0.29, 0.717) is 31.2 Å². The number of benzene rings is 1. The van der Waals surface area contributed by atoms with Crippen LogP contribution >= 0.6 is 11.3 Å². The quantitative estimate of drug-likeness (QED) is 0.411.